The number of aromatic nitrogens is 1. The number of rotatable bonds is 1. The number of para-hydroxylation sites is 1. The number of nitrogens with zero attached hydrogens (tertiary/aromatic N) is 1. The predicted octanol–water partition coefficient (Wildman–Crippen LogP) is 4.17. The maximum absolute atomic E-state index is 6.12. The van der Waals surface area contributed by atoms with Crippen molar-refractivity contribution in [2.24, 2.45) is 0 Å². The van der Waals surface area contributed by atoms with Crippen LogP contribution in [0.1, 0.15) is 5.56 Å². The van der Waals surface area contributed by atoms with Gasteiger partial charge in [-0.2, -0.15) is 0 Å². The fourth-order valence-electron chi connectivity index (χ4n) is 1.43. The molecule has 76 valence electrons. The lowest BCUT2D eigenvalue weighted by Crippen LogP contribution is -1.97. The van der Waals surface area contributed by atoms with E-state index in [1.807, 2.05) is 54.1 Å². The van der Waals surface area contributed by atoms with Crippen LogP contribution in [-0.2, 0) is 0 Å². The van der Waals surface area contributed by atoms with Crippen LogP contribution >= 0.6 is 23.8 Å². The molecule has 0 atom stereocenters. The third kappa shape index (κ3) is 2.11. The van der Waals surface area contributed by atoms with Gasteiger partial charge in [-0.3, -0.25) is 0 Å². The molecule has 0 fully saturated rings. The van der Waals surface area contributed by atoms with Crippen LogP contribution in [0.25, 0.3) is 5.69 Å². The molecule has 0 amide bonds. The molecular formula is C12H10ClNS. The second-order valence-corrected chi connectivity index (χ2v) is 4.19. The summed E-state index contributed by atoms with van der Waals surface area (Å²) in [6.07, 6.45) is 1.99. The minimum atomic E-state index is 0.708. The zero-order valence-corrected chi connectivity index (χ0v) is 9.85. The van der Waals surface area contributed by atoms with Crippen LogP contribution in [0.3, 0.4) is 0 Å². The van der Waals surface area contributed by atoms with Crippen LogP contribution in [0.4, 0.5) is 0 Å². The van der Waals surface area contributed by atoms with E-state index < -0.39 is 0 Å². The van der Waals surface area contributed by atoms with E-state index in [0.29, 0.717) is 5.02 Å². The summed E-state index contributed by atoms with van der Waals surface area (Å²) in [4.78, 5) is 0. The van der Waals surface area contributed by atoms with E-state index >= 15 is 0 Å². The van der Waals surface area contributed by atoms with E-state index in [1.54, 1.807) is 0 Å². The standard InChI is InChI=1S/C12H10ClNS/c1-9-6-7-12(15)14(8-9)11-5-3-2-4-10(11)13/h2-8H,1H3. The van der Waals surface area contributed by atoms with Crippen LogP contribution in [0, 0.1) is 11.6 Å². The van der Waals surface area contributed by atoms with Crippen molar-refractivity contribution in [1.29, 1.82) is 0 Å². The summed E-state index contributed by atoms with van der Waals surface area (Å²) in [5.74, 6) is 0. The van der Waals surface area contributed by atoms with Crippen molar-refractivity contribution >= 4 is 23.8 Å². The molecule has 0 bridgehead atoms. The van der Waals surface area contributed by atoms with Gasteiger partial charge >= 0.3 is 0 Å². The van der Waals surface area contributed by atoms with Gasteiger partial charge in [-0.15, -0.1) is 0 Å². The number of hydrogen-bond donors (Lipinski definition) is 0. The number of pyridine rings is 1. The molecule has 1 nitrogen and oxygen atoms in total. The van der Waals surface area contributed by atoms with Crippen molar-refractivity contribution in [3.05, 3.63) is 57.8 Å². The highest BCUT2D eigenvalue weighted by atomic mass is 35.5. The second kappa shape index (κ2) is 4.17. The molecule has 0 radical (unpaired) electrons. The first-order chi connectivity index (χ1) is 7.18. The monoisotopic (exact) mass is 235 g/mol. The fraction of sp³-hybridized carbons (Fsp3) is 0.0833. The van der Waals surface area contributed by atoms with Gasteiger partial charge in [-0.25, -0.2) is 0 Å². The van der Waals surface area contributed by atoms with Crippen LogP contribution in [0.15, 0.2) is 42.6 Å². The van der Waals surface area contributed by atoms with Gasteiger partial charge in [0.15, 0.2) is 0 Å². The fourth-order valence-corrected chi connectivity index (χ4v) is 1.87. The first-order valence-electron chi connectivity index (χ1n) is 4.63. The maximum Gasteiger partial charge on any atom is 0.110 e. The van der Waals surface area contributed by atoms with Gasteiger partial charge in [-0.1, -0.05) is 42.0 Å². The van der Waals surface area contributed by atoms with E-state index in [-0.39, 0.29) is 0 Å². The van der Waals surface area contributed by atoms with Gasteiger partial charge in [0.05, 0.1) is 10.7 Å². The Morgan fingerprint density at radius 2 is 1.87 bits per heavy atom. The lowest BCUT2D eigenvalue weighted by Gasteiger charge is -2.09. The van der Waals surface area contributed by atoms with Gasteiger partial charge in [0.25, 0.3) is 0 Å². The summed E-state index contributed by atoms with van der Waals surface area (Å²) in [5, 5.41) is 0.708. The van der Waals surface area contributed by atoms with Crippen LogP contribution < -0.4 is 0 Å². The molecule has 0 aliphatic heterocycles. The molecule has 2 rings (SSSR count). The number of halogens is 1. The Balaban J connectivity index is 2.69. The minimum absolute atomic E-state index is 0.708. The molecule has 0 aliphatic rings. The summed E-state index contributed by atoms with van der Waals surface area (Å²) in [6.45, 7) is 2.03. The predicted molar refractivity (Wildman–Crippen MR) is 66.4 cm³/mol. The summed E-state index contributed by atoms with van der Waals surface area (Å²) in [6, 6.07) is 11.6. The highest BCUT2D eigenvalue weighted by Gasteiger charge is 2.01. The molecule has 0 spiro atoms. The number of hydrogen-bond acceptors (Lipinski definition) is 1. The molecule has 1 heterocycles. The zero-order chi connectivity index (χ0) is 10.8. The summed E-state index contributed by atoms with van der Waals surface area (Å²) < 4.78 is 2.68. The third-order valence-corrected chi connectivity index (χ3v) is 2.82. The molecule has 0 saturated heterocycles. The maximum atomic E-state index is 6.12. The van der Waals surface area contributed by atoms with Gasteiger partial charge in [0.1, 0.15) is 4.64 Å². The molecular weight excluding hydrogens is 226 g/mol. The van der Waals surface area contributed by atoms with Crippen molar-refractivity contribution < 1.29 is 0 Å². The van der Waals surface area contributed by atoms with Crippen molar-refractivity contribution in [3.63, 3.8) is 0 Å². The van der Waals surface area contributed by atoms with Crippen molar-refractivity contribution in [2.75, 3.05) is 0 Å². The quantitative estimate of drug-likeness (QED) is 0.672. The largest absolute Gasteiger partial charge is 0.306 e. The van der Waals surface area contributed by atoms with Crippen LogP contribution in [0.2, 0.25) is 5.02 Å². The Hall–Kier alpha value is -1.12. The van der Waals surface area contributed by atoms with Crippen LogP contribution in [0.5, 0.6) is 0 Å². The Kier molecular flexibility index (Phi) is 2.89. The van der Waals surface area contributed by atoms with E-state index in [2.05, 4.69) is 0 Å². The Morgan fingerprint density at radius 1 is 1.13 bits per heavy atom. The first-order valence-corrected chi connectivity index (χ1v) is 5.41. The average Bonchev–Trinajstić information content (AvgIpc) is 2.23. The van der Waals surface area contributed by atoms with E-state index in [4.69, 9.17) is 23.8 Å². The van der Waals surface area contributed by atoms with Crippen molar-refractivity contribution in [2.45, 2.75) is 6.92 Å². The molecule has 2 aromatic rings. The Bertz CT molecular complexity index is 545. The molecule has 0 saturated carbocycles. The summed E-state index contributed by atoms with van der Waals surface area (Å²) in [7, 11) is 0. The van der Waals surface area contributed by atoms with Gasteiger partial charge in [0.2, 0.25) is 0 Å². The summed E-state index contributed by atoms with van der Waals surface area (Å²) in [5.41, 5.74) is 2.08. The lowest BCUT2D eigenvalue weighted by atomic mass is 10.3. The Morgan fingerprint density at radius 3 is 2.60 bits per heavy atom. The highest BCUT2D eigenvalue weighted by Crippen LogP contribution is 2.20. The third-order valence-electron chi connectivity index (χ3n) is 2.17. The van der Waals surface area contributed by atoms with E-state index in [0.717, 1.165) is 15.9 Å². The van der Waals surface area contributed by atoms with Crippen molar-refractivity contribution in [1.82, 2.24) is 4.57 Å². The molecule has 3 heteroatoms. The van der Waals surface area contributed by atoms with Crippen LogP contribution in [-0.4, -0.2) is 4.57 Å². The SMILES string of the molecule is Cc1ccc(=S)n(-c2ccccc2Cl)c1. The molecule has 1 aromatic carbocycles. The van der Waals surface area contributed by atoms with Crippen molar-refractivity contribution in [3.8, 4) is 5.69 Å². The topological polar surface area (TPSA) is 4.93 Å². The Labute approximate surface area is 98.9 Å². The van der Waals surface area contributed by atoms with E-state index in [9.17, 15) is 0 Å². The summed E-state index contributed by atoms with van der Waals surface area (Å²) >= 11 is 11.4. The van der Waals surface area contributed by atoms with Gasteiger partial charge in [0, 0.05) is 6.20 Å². The molecule has 1 aromatic heterocycles. The smallest absolute Gasteiger partial charge is 0.110 e. The lowest BCUT2D eigenvalue weighted by molar-refractivity contribution is 1.01. The molecule has 0 N–H and O–H groups in total. The molecule has 0 unspecified atom stereocenters. The zero-order valence-electron chi connectivity index (χ0n) is 8.27. The first kappa shape index (κ1) is 10.4. The van der Waals surface area contributed by atoms with E-state index in [1.165, 1.54) is 0 Å². The average molecular weight is 236 g/mol. The number of aryl methyl sites for hydroxylation is 1. The minimum Gasteiger partial charge on any atom is -0.306 e. The second-order valence-electron chi connectivity index (χ2n) is 3.37. The van der Waals surface area contributed by atoms with Gasteiger partial charge < -0.3 is 4.57 Å². The molecule has 0 aliphatic carbocycles. The number of benzene rings is 1. The normalized spacial score (nSPS) is 10.3. The highest BCUT2D eigenvalue weighted by molar-refractivity contribution is 7.71. The van der Waals surface area contributed by atoms with Gasteiger partial charge in [-0.05, 0) is 30.7 Å². The molecule has 15 heavy (non-hydrogen) atoms.